The number of nitrogens with one attached hydrogen (secondary N) is 1. The Morgan fingerprint density at radius 2 is 2.36 bits per heavy atom. The molecule has 0 amide bonds. The van der Waals surface area contributed by atoms with Crippen molar-refractivity contribution in [2.45, 2.75) is 19.1 Å². The molecule has 0 aliphatic rings. The molecule has 0 radical (unpaired) electrons. The van der Waals surface area contributed by atoms with Gasteiger partial charge in [-0.2, -0.15) is 0 Å². The molecule has 4 nitrogen and oxygen atoms in total. The van der Waals surface area contributed by atoms with E-state index in [0.29, 0.717) is 0 Å². The highest BCUT2D eigenvalue weighted by molar-refractivity contribution is 5.82. The van der Waals surface area contributed by atoms with Crippen LogP contribution in [0.5, 0.6) is 0 Å². The lowest BCUT2D eigenvalue weighted by molar-refractivity contribution is 0.165. The van der Waals surface area contributed by atoms with Gasteiger partial charge in [-0.1, -0.05) is 0 Å². The third-order valence-corrected chi connectivity index (χ3v) is 2.39. The van der Waals surface area contributed by atoms with Gasteiger partial charge in [-0.05, 0) is 18.6 Å². The zero-order valence-electron chi connectivity index (χ0n) is 7.94. The molecule has 2 aromatic rings. The molecular formula is C10H13N3O. The second-order valence-corrected chi connectivity index (χ2v) is 3.43. The lowest BCUT2D eigenvalue weighted by atomic mass is 10.0. The van der Waals surface area contributed by atoms with E-state index in [1.807, 2.05) is 12.3 Å². The van der Waals surface area contributed by atoms with Crippen molar-refractivity contribution < 1.29 is 5.11 Å². The second kappa shape index (κ2) is 3.40. The summed E-state index contributed by atoms with van der Waals surface area (Å²) in [4.78, 5) is 7.12. The Bertz CT molecular complexity index is 436. The average Bonchev–Trinajstić information content (AvgIpc) is 2.60. The van der Waals surface area contributed by atoms with Crippen LogP contribution in [0.15, 0.2) is 24.7 Å². The fourth-order valence-electron chi connectivity index (χ4n) is 1.52. The summed E-state index contributed by atoms with van der Waals surface area (Å²) >= 11 is 0. The monoisotopic (exact) mass is 191 g/mol. The fourth-order valence-corrected chi connectivity index (χ4v) is 1.52. The Balaban J connectivity index is 2.53. The Hall–Kier alpha value is -1.39. The van der Waals surface area contributed by atoms with Gasteiger partial charge in [0.25, 0.3) is 0 Å². The van der Waals surface area contributed by atoms with E-state index < -0.39 is 6.10 Å². The first-order valence-electron chi connectivity index (χ1n) is 4.55. The summed E-state index contributed by atoms with van der Waals surface area (Å²) in [5.74, 6) is 0. The summed E-state index contributed by atoms with van der Waals surface area (Å²) in [6.45, 7) is 1.68. The molecule has 0 fully saturated rings. The molecule has 0 aliphatic heterocycles. The van der Waals surface area contributed by atoms with Crippen LogP contribution in [0.2, 0.25) is 0 Å². The van der Waals surface area contributed by atoms with E-state index >= 15 is 0 Å². The minimum absolute atomic E-state index is 0.368. The minimum Gasteiger partial charge on any atom is -0.391 e. The van der Waals surface area contributed by atoms with Gasteiger partial charge in [0.15, 0.2) is 0 Å². The second-order valence-electron chi connectivity index (χ2n) is 3.43. The number of nitrogens with two attached hydrogens (primary N) is 1. The van der Waals surface area contributed by atoms with Crippen LogP contribution >= 0.6 is 0 Å². The first-order valence-corrected chi connectivity index (χ1v) is 4.55. The number of H-pyrrole nitrogens is 1. The number of hydrogen-bond donors (Lipinski definition) is 3. The van der Waals surface area contributed by atoms with Crippen LogP contribution in [-0.2, 0) is 0 Å². The smallest absolute Gasteiger partial charge is 0.0705 e. The number of aliphatic hydroxyl groups excluding tert-OH is 1. The van der Waals surface area contributed by atoms with Crippen molar-refractivity contribution in [2.75, 3.05) is 0 Å². The standard InChI is InChI=1S/C10H13N3O/c1-6(14)10(11)8-5-13-9-2-3-12-4-7(8)9/h2-6,10,13-14H,11H2,1H3. The Morgan fingerprint density at radius 3 is 3.07 bits per heavy atom. The molecule has 2 heterocycles. The molecule has 74 valence electrons. The molecule has 0 bridgehead atoms. The zero-order valence-corrected chi connectivity index (χ0v) is 7.94. The maximum Gasteiger partial charge on any atom is 0.0705 e. The highest BCUT2D eigenvalue weighted by atomic mass is 16.3. The maximum absolute atomic E-state index is 9.39. The number of pyridine rings is 1. The predicted octanol–water partition coefficient (Wildman–Crippen LogP) is 0.944. The molecule has 4 N–H and O–H groups in total. The van der Waals surface area contributed by atoms with Gasteiger partial charge in [0.05, 0.1) is 12.1 Å². The Labute approximate surface area is 81.8 Å². The van der Waals surface area contributed by atoms with E-state index in [1.165, 1.54) is 0 Å². The molecular weight excluding hydrogens is 178 g/mol. The van der Waals surface area contributed by atoms with Gasteiger partial charge in [-0.15, -0.1) is 0 Å². The first-order chi connectivity index (χ1) is 6.70. The number of aliphatic hydroxyl groups is 1. The summed E-state index contributed by atoms with van der Waals surface area (Å²) in [5, 5.41) is 10.4. The molecule has 2 aromatic heterocycles. The number of nitrogens with zero attached hydrogens (tertiary/aromatic N) is 1. The Kier molecular flexibility index (Phi) is 2.23. The number of rotatable bonds is 2. The summed E-state index contributed by atoms with van der Waals surface area (Å²) < 4.78 is 0. The number of hydrogen-bond acceptors (Lipinski definition) is 3. The van der Waals surface area contributed by atoms with Crippen LogP contribution < -0.4 is 5.73 Å². The van der Waals surface area contributed by atoms with E-state index in [0.717, 1.165) is 16.5 Å². The molecule has 2 unspecified atom stereocenters. The summed E-state index contributed by atoms with van der Waals surface area (Å²) in [7, 11) is 0. The van der Waals surface area contributed by atoms with Crippen molar-refractivity contribution in [2.24, 2.45) is 5.73 Å². The molecule has 0 aromatic carbocycles. The zero-order chi connectivity index (χ0) is 10.1. The highest BCUT2D eigenvalue weighted by Gasteiger charge is 2.15. The molecule has 4 heteroatoms. The van der Waals surface area contributed by atoms with Crippen molar-refractivity contribution in [3.8, 4) is 0 Å². The van der Waals surface area contributed by atoms with E-state index in [1.54, 1.807) is 19.3 Å². The van der Waals surface area contributed by atoms with Gasteiger partial charge in [0.1, 0.15) is 0 Å². The number of aromatic nitrogens is 2. The Morgan fingerprint density at radius 1 is 1.57 bits per heavy atom. The summed E-state index contributed by atoms with van der Waals surface area (Å²) in [5.41, 5.74) is 7.75. The summed E-state index contributed by atoms with van der Waals surface area (Å²) in [6.07, 6.45) is 4.73. The van der Waals surface area contributed by atoms with Crippen LogP contribution in [0.25, 0.3) is 10.9 Å². The van der Waals surface area contributed by atoms with Crippen LogP contribution in [0, 0.1) is 0 Å². The van der Waals surface area contributed by atoms with Crippen molar-refractivity contribution in [1.82, 2.24) is 9.97 Å². The van der Waals surface area contributed by atoms with Gasteiger partial charge >= 0.3 is 0 Å². The lowest BCUT2D eigenvalue weighted by Crippen LogP contribution is -2.22. The quantitative estimate of drug-likeness (QED) is 0.661. The molecule has 0 aliphatic carbocycles. The van der Waals surface area contributed by atoms with E-state index in [9.17, 15) is 5.11 Å². The molecule has 0 saturated heterocycles. The molecule has 0 saturated carbocycles. The van der Waals surface area contributed by atoms with E-state index in [2.05, 4.69) is 9.97 Å². The lowest BCUT2D eigenvalue weighted by Gasteiger charge is -2.13. The topological polar surface area (TPSA) is 74.9 Å². The predicted molar refractivity (Wildman–Crippen MR) is 54.7 cm³/mol. The minimum atomic E-state index is -0.561. The van der Waals surface area contributed by atoms with Gasteiger partial charge in [0.2, 0.25) is 0 Å². The first kappa shape index (κ1) is 9.18. The molecule has 2 atom stereocenters. The van der Waals surface area contributed by atoms with Crippen molar-refractivity contribution in [3.63, 3.8) is 0 Å². The van der Waals surface area contributed by atoms with Gasteiger partial charge in [-0.25, -0.2) is 0 Å². The average molecular weight is 191 g/mol. The van der Waals surface area contributed by atoms with Gasteiger partial charge in [-0.3, -0.25) is 4.98 Å². The van der Waals surface area contributed by atoms with Crippen molar-refractivity contribution in [1.29, 1.82) is 0 Å². The largest absolute Gasteiger partial charge is 0.391 e. The van der Waals surface area contributed by atoms with Crippen LogP contribution in [-0.4, -0.2) is 21.2 Å². The SMILES string of the molecule is CC(O)C(N)c1c[nH]c2ccncc12. The highest BCUT2D eigenvalue weighted by Crippen LogP contribution is 2.23. The van der Waals surface area contributed by atoms with Crippen LogP contribution in [0.1, 0.15) is 18.5 Å². The van der Waals surface area contributed by atoms with Crippen LogP contribution in [0.3, 0.4) is 0 Å². The van der Waals surface area contributed by atoms with E-state index in [4.69, 9.17) is 5.73 Å². The number of fused-ring (bicyclic) bond motifs is 1. The van der Waals surface area contributed by atoms with E-state index in [-0.39, 0.29) is 6.04 Å². The van der Waals surface area contributed by atoms with Crippen molar-refractivity contribution in [3.05, 3.63) is 30.2 Å². The molecule has 0 spiro atoms. The molecule has 2 rings (SSSR count). The van der Waals surface area contributed by atoms with Gasteiger partial charge < -0.3 is 15.8 Å². The molecule has 14 heavy (non-hydrogen) atoms. The maximum atomic E-state index is 9.39. The van der Waals surface area contributed by atoms with Crippen molar-refractivity contribution >= 4 is 10.9 Å². The normalized spacial score (nSPS) is 15.6. The number of aromatic amines is 1. The van der Waals surface area contributed by atoms with Crippen LogP contribution in [0.4, 0.5) is 0 Å². The fraction of sp³-hybridized carbons (Fsp3) is 0.300. The van der Waals surface area contributed by atoms with Gasteiger partial charge in [0, 0.05) is 29.5 Å². The third-order valence-electron chi connectivity index (χ3n) is 2.39. The summed E-state index contributed by atoms with van der Waals surface area (Å²) in [6, 6.07) is 1.51. The third kappa shape index (κ3) is 1.38.